The zero-order chi connectivity index (χ0) is 8.36. The molecule has 2 heteroatoms. The summed E-state index contributed by atoms with van der Waals surface area (Å²) in [5.74, 6) is 0. The van der Waals surface area contributed by atoms with Gasteiger partial charge in [-0.05, 0) is 19.9 Å². The predicted molar refractivity (Wildman–Crippen MR) is 47.0 cm³/mol. The fraction of sp³-hybridized carbons (Fsp3) is 0.500. The highest BCUT2D eigenvalue weighted by Gasteiger charge is 2.18. The van der Waals surface area contributed by atoms with E-state index in [1.54, 1.807) is 6.08 Å². The number of alkyl halides is 1. The summed E-state index contributed by atoms with van der Waals surface area (Å²) in [5.41, 5.74) is 0.833. The van der Waals surface area contributed by atoms with Crippen molar-refractivity contribution in [1.82, 2.24) is 4.90 Å². The summed E-state index contributed by atoms with van der Waals surface area (Å²) in [5, 5.41) is 0. The van der Waals surface area contributed by atoms with Crippen LogP contribution in [0.3, 0.4) is 0 Å². The Hall–Kier alpha value is -0.430. The lowest BCUT2D eigenvalue weighted by Gasteiger charge is -2.31. The van der Waals surface area contributed by atoms with Gasteiger partial charge < -0.3 is 4.90 Å². The summed E-state index contributed by atoms with van der Waals surface area (Å²) < 4.78 is 0. The predicted octanol–water partition coefficient (Wildman–Crippen LogP) is 2.59. The highest BCUT2D eigenvalue weighted by Crippen LogP contribution is 2.20. The number of halogens is 1. The molecule has 0 bridgehead atoms. The van der Waals surface area contributed by atoms with Crippen LogP contribution in [0.15, 0.2) is 24.9 Å². The van der Waals surface area contributed by atoms with Gasteiger partial charge in [0.25, 0.3) is 0 Å². The molecule has 0 N–H and O–H groups in total. The summed E-state index contributed by atoms with van der Waals surface area (Å²) in [6.07, 6.45) is 1.68. The van der Waals surface area contributed by atoms with Crippen molar-refractivity contribution in [2.45, 2.75) is 18.8 Å². The number of hydrogen-bond donors (Lipinski definition) is 0. The first-order valence-electron chi connectivity index (χ1n) is 3.13. The van der Waals surface area contributed by atoms with Crippen molar-refractivity contribution in [3.05, 3.63) is 24.9 Å². The molecule has 0 saturated carbocycles. The van der Waals surface area contributed by atoms with Gasteiger partial charge in [0, 0.05) is 12.7 Å². The number of hydrogen-bond acceptors (Lipinski definition) is 1. The normalized spacial score (nSPS) is 10.8. The minimum Gasteiger partial charge on any atom is -0.357 e. The summed E-state index contributed by atoms with van der Waals surface area (Å²) in [7, 11) is 1.89. The Morgan fingerprint density at radius 3 is 2.10 bits per heavy atom. The third-order valence-corrected chi connectivity index (χ3v) is 1.72. The van der Waals surface area contributed by atoms with Crippen LogP contribution in [0.25, 0.3) is 0 Å². The Morgan fingerprint density at radius 2 is 2.00 bits per heavy atom. The molecule has 58 valence electrons. The van der Waals surface area contributed by atoms with E-state index in [2.05, 4.69) is 13.2 Å². The largest absolute Gasteiger partial charge is 0.357 e. The molecule has 0 fully saturated rings. The van der Waals surface area contributed by atoms with Crippen LogP contribution in [0, 0.1) is 0 Å². The molecule has 1 nitrogen and oxygen atoms in total. The van der Waals surface area contributed by atoms with E-state index in [0.29, 0.717) is 0 Å². The number of allylic oxidation sites excluding steroid dienone is 1. The lowest BCUT2D eigenvalue weighted by molar-refractivity contribution is 0.311. The zero-order valence-electron chi connectivity index (χ0n) is 6.82. The van der Waals surface area contributed by atoms with Crippen LogP contribution in [0.1, 0.15) is 13.8 Å². The van der Waals surface area contributed by atoms with Crippen molar-refractivity contribution < 1.29 is 0 Å². The van der Waals surface area contributed by atoms with Crippen LogP contribution in [-0.2, 0) is 0 Å². The van der Waals surface area contributed by atoms with Gasteiger partial charge in [-0.15, -0.1) is 0 Å². The van der Waals surface area contributed by atoms with Crippen molar-refractivity contribution in [3.8, 4) is 0 Å². The molecular formula is C8H14ClN. The summed E-state index contributed by atoms with van der Waals surface area (Å²) in [6.45, 7) is 11.2. The molecule has 0 atom stereocenters. The van der Waals surface area contributed by atoms with Crippen molar-refractivity contribution in [2.75, 3.05) is 7.05 Å². The van der Waals surface area contributed by atoms with E-state index in [1.807, 2.05) is 25.8 Å². The van der Waals surface area contributed by atoms with Gasteiger partial charge in [0.1, 0.15) is 5.00 Å². The van der Waals surface area contributed by atoms with E-state index < -0.39 is 0 Å². The Labute approximate surface area is 68.0 Å². The van der Waals surface area contributed by atoms with Gasteiger partial charge in [0.15, 0.2) is 0 Å². The van der Waals surface area contributed by atoms with Crippen LogP contribution in [-0.4, -0.2) is 16.9 Å². The molecule has 0 radical (unpaired) electrons. The monoisotopic (exact) mass is 159 g/mol. The topological polar surface area (TPSA) is 3.24 Å². The fourth-order valence-electron chi connectivity index (χ4n) is 0.478. The molecule has 0 spiro atoms. The van der Waals surface area contributed by atoms with Gasteiger partial charge in [-0.3, -0.25) is 0 Å². The maximum atomic E-state index is 5.97. The van der Waals surface area contributed by atoms with E-state index in [9.17, 15) is 0 Å². The summed E-state index contributed by atoms with van der Waals surface area (Å²) >= 11 is 5.97. The van der Waals surface area contributed by atoms with Crippen LogP contribution < -0.4 is 0 Å². The van der Waals surface area contributed by atoms with Crippen molar-refractivity contribution in [2.24, 2.45) is 0 Å². The molecule has 0 aliphatic heterocycles. The molecule has 0 rings (SSSR count). The Bertz CT molecular complexity index is 144. The van der Waals surface area contributed by atoms with Crippen LogP contribution in [0.2, 0.25) is 0 Å². The zero-order valence-corrected chi connectivity index (χ0v) is 7.57. The summed E-state index contributed by atoms with van der Waals surface area (Å²) in [6, 6.07) is 0. The van der Waals surface area contributed by atoms with Crippen LogP contribution in [0.5, 0.6) is 0 Å². The molecular weight excluding hydrogens is 146 g/mol. The highest BCUT2D eigenvalue weighted by atomic mass is 35.5. The quantitative estimate of drug-likeness (QED) is 0.348. The first-order chi connectivity index (χ1) is 4.39. The third kappa shape index (κ3) is 2.44. The number of rotatable bonds is 3. The van der Waals surface area contributed by atoms with Crippen molar-refractivity contribution in [3.63, 3.8) is 0 Å². The average molecular weight is 160 g/mol. The van der Waals surface area contributed by atoms with Crippen molar-refractivity contribution >= 4 is 11.6 Å². The molecule has 0 aromatic heterocycles. The maximum Gasteiger partial charge on any atom is 0.109 e. The first-order valence-corrected chi connectivity index (χ1v) is 3.51. The third-order valence-electron chi connectivity index (χ3n) is 1.46. The molecule has 0 saturated heterocycles. The highest BCUT2D eigenvalue weighted by molar-refractivity contribution is 6.23. The van der Waals surface area contributed by atoms with Crippen LogP contribution >= 0.6 is 11.6 Å². The second-order valence-corrected chi connectivity index (χ2v) is 3.59. The average Bonchev–Trinajstić information content (AvgIpc) is 1.83. The van der Waals surface area contributed by atoms with Crippen molar-refractivity contribution in [1.29, 1.82) is 0 Å². The standard InChI is InChI=1S/C8H14ClN/c1-6-7(2)10(5)8(3,4)9/h6H,1-2H2,3-5H3. The SMILES string of the molecule is C=CC(=C)N(C)C(C)(C)Cl. The second kappa shape index (κ2) is 3.11. The molecule has 0 amide bonds. The van der Waals surface area contributed by atoms with E-state index in [-0.39, 0.29) is 5.00 Å². The molecule has 0 unspecified atom stereocenters. The lowest BCUT2D eigenvalue weighted by Crippen LogP contribution is -2.33. The van der Waals surface area contributed by atoms with E-state index in [0.717, 1.165) is 5.70 Å². The lowest BCUT2D eigenvalue weighted by atomic mass is 10.3. The minimum atomic E-state index is -0.384. The molecule has 0 aromatic carbocycles. The van der Waals surface area contributed by atoms with E-state index in [1.165, 1.54) is 0 Å². The van der Waals surface area contributed by atoms with E-state index >= 15 is 0 Å². The Morgan fingerprint density at radius 1 is 1.60 bits per heavy atom. The maximum absolute atomic E-state index is 5.97. The van der Waals surface area contributed by atoms with Gasteiger partial charge in [-0.2, -0.15) is 0 Å². The number of likely N-dealkylation sites (N-methyl/N-ethyl adjacent to an activating group) is 1. The van der Waals surface area contributed by atoms with E-state index in [4.69, 9.17) is 11.6 Å². The van der Waals surface area contributed by atoms with Gasteiger partial charge >= 0.3 is 0 Å². The Kier molecular flexibility index (Phi) is 2.97. The summed E-state index contributed by atoms with van der Waals surface area (Å²) in [4.78, 5) is 1.48. The van der Waals surface area contributed by atoms with Crippen LogP contribution in [0.4, 0.5) is 0 Å². The Balaban J connectivity index is 4.21. The smallest absolute Gasteiger partial charge is 0.109 e. The van der Waals surface area contributed by atoms with Gasteiger partial charge in [-0.25, -0.2) is 0 Å². The fourth-order valence-corrected chi connectivity index (χ4v) is 0.587. The minimum absolute atomic E-state index is 0.384. The molecule has 0 aromatic rings. The molecule has 10 heavy (non-hydrogen) atoms. The second-order valence-electron chi connectivity index (χ2n) is 2.66. The van der Waals surface area contributed by atoms with Gasteiger partial charge in [-0.1, -0.05) is 24.8 Å². The molecule has 0 heterocycles. The molecule has 0 aliphatic rings. The first kappa shape index (κ1) is 9.57. The number of nitrogens with zero attached hydrogens (tertiary/aromatic N) is 1. The van der Waals surface area contributed by atoms with Gasteiger partial charge in [0.05, 0.1) is 0 Å². The van der Waals surface area contributed by atoms with Gasteiger partial charge in [0.2, 0.25) is 0 Å². The molecule has 0 aliphatic carbocycles.